The van der Waals surface area contributed by atoms with Crippen LogP contribution in [0.5, 0.6) is 5.75 Å². The Hall–Kier alpha value is -3.31. The zero-order chi connectivity index (χ0) is 19.8. The fourth-order valence-electron chi connectivity index (χ4n) is 3.67. The van der Waals surface area contributed by atoms with Gasteiger partial charge in [0.2, 0.25) is 0 Å². The number of pyridine rings is 1. The van der Waals surface area contributed by atoms with E-state index in [-0.39, 0.29) is 0 Å². The third-order valence-electron chi connectivity index (χ3n) is 5.13. The molecule has 0 unspecified atom stereocenters. The summed E-state index contributed by atoms with van der Waals surface area (Å²) in [6.07, 6.45) is 7.31. The van der Waals surface area contributed by atoms with Crippen molar-refractivity contribution in [3.05, 3.63) is 78.1 Å². The SMILES string of the molecule is Cc1nccc2c1[nH]c1c(-c3ccc(OCCn4ccnc4)cc3)cc(Cl)cc12. The Kier molecular flexibility index (Phi) is 4.45. The van der Waals surface area contributed by atoms with Gasteiger partial charge in [-0.2, -0.15) is 0 Å². The maximum Gasteiger partial charge on any atom is 0.119 e. The van der Waals surface area contributed by atoms with Crippen LogP contribution in [-0.4, -0.2) is 26.1 Å². The topological polar surface area (TPSA) is 55.7 Å². The molecule has 0 radical (unpaired) electrons. The molecule has 1 N–H and O–H groups in total. The van der Waals surface area contributed by atoms with Crippen molar-refractivity contribution in [2.24, 2.45) is 0 Å². The van der Waals surface area contributed by atoms with Gasteiger partial charge in [0.05, 0.1) is 29.6 Å². The monoisotopic (exact) mass is 402 g/mol. The number of aromatic nitrogens is 4. The Bertz CT molecular complexity index is 1290. The Labute approximate surface area is 172 Å². The molecule has 0 bridgehead atoms. The van der Waals surface area contributed by atoms with E-state index in [1.165, 1.54) is 0 Å². The lowest BCUT2D eigenvalue weighted by Gasteiger charge is -2.09. The van der Waals surface area contributed by atoms with E-state index in [2.05, 4.69) is 27.1 Å². The molecule has 0 amide bonds. The minimum Gasteiger partial charge on any atom is -0.492 e. The van der Waals surface area contributed by atoms with Gasteiger partial charge in [-0.1, -0.05) is 23.7 Å². The van der Waals surface area contributed by atoms with Crippen LogP contribution in [0.2, 0.25) is 5.02 Å². The Balaban J connectivity index is 1.47. The number of rotatable bonds is 5. The van der Waals surface area contributed by atoms with Crippen LogP contribution in [0.25, 0.3) is 32.9 Å². The molecule has 2 aromatic carbocycles. The van der Waals surface area contributed by atoms with Gasteiger partial charge >= 0.3 is 0 Å². The molecule has 6 heteroatoms. The lowest BCUT2D eigenvalue weighted by atomic mass is 10.0. The van der Waals surface area contributed by atoms with Gasteiger partial charge in [-0.05, 0) is 42.8 Å². The van der Waals surface area contributed by atoms with E-state index < -0.39 is 0 Å². The summed E-state index contributed by atoms with van der Waals surface area (Å²) < 4.78 is 7.84. The molecule has 3 aromatic heterocycles. The van der Waals surface area contributed by atoms with Gasteiger partial charge in [-0.15, -0.1) is 0 Å². The zero-order valence-electron chi connectivity index (χ0n) is 15.9. The molecule has 0 atom stereocenters. The summed E-state index contributed by atoms with van der Waals surface area (Å²) in [4.78, 5) is 12.0. The molecule has 0 saturated carbocycles. The average Bonchev–Trinajstić information content (AvgIpc) is 3.37. The number of halogens is 1. The molecule has 5 rings (SSSR count). The molecule has 0 aliphatic rings. The summed E-state index contributed by atoms with van der Waals surface area (Å²) in [5.41, 5.74) is 5.23. The molecule has 5 aromatic rings. The van der Waals surface area contributed by atoms with E-state index in [1.807, 2.05) is 54.2 Å². The highest BCUT2D eigenvalue weighted by Gasteiger charge is 2.13. The fraction of sp³-hybridized carbons (Fsp3) is 0.130. The molecule has 5 nitrogen and oxygen atoms in total. The van der Waals surface area contributed by atoms with Gasteiger partial charge in [0.1, 0.15) is 12.4 Å². The second-order valence-corrected chi connectivity index (χ2v) is 7.43. The number of hydrogen-bond acceptors (Lipinski definition) is 3. The number of aromatic amines is 1. The van der Waals surface area contributed by atoms with E-state index in [0.717, 1.165) is 50.9 Å². The molecule has 144 valence electrons. The maximum atomic E-state index is 6.46. The molecule has 0 aliphatic carbocycles. The van der Waals surface area contributed by atoms with Gasteiger partial charge < -0.3 is 14.3 Å². The molecule has 0 aliphatic heterocycles. The molecule has 0 spiro atoms. The van der Waals surface area contributed by atoms with Crippen molar-refractivity contribution in [2.75, 3.05) is 6.61 Å². The van der Waals surface area contributed by atoms with Gasteiger partial charge in [-0.3, -0.25) is 4.98 Å². The van der Waals surface area contributed by atoms with Crippen LogP contribution in [0.4, 0.5) is 0 Å². The fourth-order valence-corrected chi connectivity index (χ4v) is 3.89. The first-order valence-corrected chi connectivity index (χ1v) is 9.82. The number of hydrogen-bond donors (Lipinski definition) is 1. The van der Waals surface area contributed by atoms with Crippen molar-refractivity contribution >= 4 is 33.4 Å². The van der Waals surface area contributed by atoms with Crippen LogP contribution in [0.15, 0.2) is 67.4 Å². The third kappa shape index (κ3) is 3.34. The largest absolute Gasteiger partial charge is 0.492 e. The quantitative estimate of drug-likeness (QED) is 0.415. The van der Waals surface area contributed by atoms with Crippen molar-refractivity contribution in [3.63, 3.8) is 0 Å². The van der Waals surface area contributed by atoms with Gasteiger partial charge in [0, 0.05) is 39.9 Å². The van der Waals surface area contributed by atoms with E-state index in [9.17, 15) is 0 Å². The zero-order valence-corrected chi connectivity index (χ0v) is 16.6. The Morgan fingerprint density at radius 1 is 1.03 bits per heavy atom. The van der Waals surface area contributed by atoms with E-state index >= 15 is 0 Å². The van der Waals surface area contributed by atoms with E-state index in [4.69, 9.17) is 16.3 Å². The third-order valence-corrected chi connectivity index (χ3v) is 5.34. The molecule has 3 heterocycles. The first-order valence-electron chi connectivity index (χ1n) is 9.44. The minimum absolute atomic E-state index is 0.589. The lowest BCUT2D eigenvalue weighted by Crippen LogP contribution is -2.06. The van der Waals surface area contributed by atoms with E-state index in [0.29, 0.717) is 11.6 Å². The Morgan fingerprint density at radius 2 is 1.90 bits per heavy atom. The summed E-state index contributed by atoms with van der Waals surface area (Å²) >= 11 is 6.46. The average molecular weight is 403 g/mol. The highest BCUT2D eigenvalue weighted by molar-refractivity contribution is 6.32. The highest BCUT2D eigenvalue weighted by atomic mass is 35.5. The molecule has 0 fully saturated rings. The molecule has 29 heavy (non-hydrogen) atoms. The molecular weight excluding hydrogens is 384 g/mol. The smallest absolute Gasteiger partial charge is 0.119 e. The number of benzene rings is 2. The van der Waals surface area contributed by atoms with Crippen LogP contribution in [0.3, 0.4) is 0 Å². The number of imidazole rings is 1. The van der Waals surface area contributed by atoms with Gasteiger partial charge in [-0.25, -0.2) is 4.98 Å². The number of ether oxygens (including phenoxy) is 1. The number of nitrogens with zero attached hydrogens (tertiary/aromatic N) is 3. The molecular formula is C23H19ClN4O. The number of fused-ring (bicyclic) bond motifs is 3. The first kappa shape index (κ1) is 17.8. The van der Waals surface area contributed by atoms with Crippen molar-refractivity contribution in [2.45, 2.75) is 13.5 Å². The Morgan fingerprint density at radius 3 is 2.69 bits per heavy atom. The first-order chi connectivity index (χ1) is 14.2. The van der Waals surface area contributed by atoms with E-state index in [1.54, 1.807) is 12.5 Å². The van der Waals surface area contributed by atoms with Crippen LogP contribution in [0, 0.1) is 6.92 Å². The van der Waals surface area contributed by atoms with Gasteiger partial charge in [0.15, 0.2) is 0 Å². The minimum atomic E-state index is 0.589. The van der Waals surface area contributed by atoms with Crippen molar-refractivity contribution in [1.29, 1.82) is 0 Å². The summed E-state index contributed by atoms with van der Waals surface area (Å²) in [5.74, 6) is 0.837. The van der Waals surface area contributed by atoms with Crippen LogP contribution >= 0.6 is 11.6 Å². The number of aryl methyl sites for hydroxylation is 1. The van der Waals surface area contributed by atoms with Gasteiger partial charge in [0.25, 0.3) is 0 Å². The predicted molar refractivity (Wildman–Crippen MR) is 117 cm³/mol. The van der Waals surface area contributed by atoms with Crippen molar-refractivity contribution in [1.82, 2.24) is 19.5 Å². The summed E-state index contributed by atoms with van der Waals surface area (Å²) in [6, 6.07) is 14.1. The second kappa shape index (κ2) is 7.26. The summed E-state index contributed by atoms with van der Waals surface area (Å²) in [5, 5.41) is 2.95. The molecule has 0 saturated heterocycles. The summed E-state index contributed by atoms with van der Waals surface area (Å²) in [7, 11) is 0. The normalized spacial score (nSPS) is 11.4. The lowest BCUT2D eigenvalue weighted by molar-refractivity contribution is 0.298. The van der Waals surface area contributed by atoms with Crippen LogP contribution in [-0.2, 0) is 6.54 Å². The van der Waals surface area contributed by atoms with Crippen molar-refractivity contribution in [3.8, 4) is 16.9 Å². The predicted octanol–water partition coefficient (Wildman–Crippen LogP) is 5.62. The summed E-state index contributed by atoms with van der Waals surface area (Å²) in [6.45, 7) is 3.36. The van der Waals surface area contributed by atoms with Crippen LogP contribution in [0.1, 0.15) is 5.69 Å². The van der Waals surface area contributed by atoms with Crippen molar-refractivity contribution < 1.29 is 4.74 Å². The number of nitrogens with one attached hydrogen (secondary N) is 1. The second-order valence-electron chi connectivity index (χ2n) is 6.99. The number of H-pyrrole nitrogens is 1. The highest BCUT2D eigenvalue weighted by Crippen LogP contribution is 2.36. The maximum absolute atomic E-state index is 6.46. The standard InChI is InChI=1S/C23H19ClN4O/c1-15-22-19(6-7-26-15)21-13-17(24)12-20(23(21)27-22)16-2-4-18(5-3-16)29-11-10-28-9-8-25-14-28/h2-9,12-14,27H,10-11H2,1H3. The van der Waals surface area contributed by atoms with Crippen LogP contribution < -0.4 is 4.74 Å².